The zero-order valence-electron chi connectivity index (χ0n) is 11.9. The lowest BCUT2D eigenvalue weighted by Gasteiger charge is -2.18. The molecule has 0 aliphatic heterocycles. The Morgan fingerprint density at radius 1 is 1.17 bits per heavy atom. The molecule has 2 heteroatoms. The Kier molecular flexibility index (Phi) is 6.96. The summed E-state index contributed by atoms with van der Waals surface area (Å²) in [7, 11) is 0. The van der Waals surface area contributed by atoms with Crippen LogP contribution in [0.2, 0.25) is 0 Å². The van der Waals surface area contributed by atoms with Gasteiger partial charge in [0, 0.05) is 12.6 Å². The molecule has 1 N–H and O–H groups in total. The molecule has 0 spiro atoms. The number of halogens is 1. The summed E-state index contributed by atoms with van der Waals surface area (Å²) in [5.41, 5.74) is 2.24. The van der Waals surface area contributed by atoms with Gasteiger partial charge < -0.3 is 5.32 Å². The molecule has 1 unspecified atom stereocenters. The fourth-order valence-electron chi connectivity index (χ4n) is 2.26. The maximum atomic E-state index is 13.0. The average molecular weight is 251 g/mol. The third-order valence-corrected chi connectivity index (χ3v) is 3.43. The van der Waals surface area contributed by atoms with Crippen LogP contribution in [0.3, 0.4) is 0 Å². The number of benzene rings is 1. The Morgan fingerprint density at radius 2 is 1.94 bits per heavy atom. The molecule has 0 heterocycles. The van der Waals surface area contributed by atoms with Gasteiger partial charge in [0.25, 0.3) is 0 Å². The molecule has 0 bridgehead atoms. The van der Waals surface area contributed by atoms with Crippen molar-refractivity contribution in [1.82, 2.24) is 5.32 Å². The maximum Gasteiger partial charge on any atom is 0.123 e. The number of hydrogen-bond donors (Lipinski definition) is 1. The normalized spacial score (nSPS) is 12.7. The van der Waals surface area contributed by atoms with E-state index in [-0.39, 0.29) is 5.82 Å². The molecule has 0 saturated heterocycles. The number of unbranched alkanes of at least 4 members (excludes halogenated alkanes) is 1. The van der Waals surface area contributed by atoms with Crippen LogP contribution in [0.4, 0.5) is 4.39 Å². The van der Waals surface area contributed by atoms with Crippen molar-refractivity contribution in [2.45, 2.75) is 65.5 Å². The number of hydrogen-bond acceptors (Lipinski definition) is 1. The summed E-state index contributed by atoms with van der Waals surface area (Å²) in [6.45, 7) is 7.28. The van der Waals surface area contributed by atoms with Crippen molar-refractivity contribution in [3.8, 4) is 0 Å². The van der Waals surface area contributed by atoms with Crippen molar-refractivity contribution in [2.75, 3.05) is 0 Å². The van der Waals surface area contributed by atoms with E-state index in [1.165, 1.54) is 37.7 Å². The second-order valence-electron chi connectivity index (χ2n) is 5.08. The van der Waals surface area contributed by atoms with Crippen molar-refractivity contribution in [3.63, 3.8) is 0 Å². The first kappa shape index (κ1) is 15.2. The Hall–Kier alpha value is -0.890. The predicted octanol–water partition coefficient (Wildman–Crippen LogP) is 4.58. The molecule has 102 valence electrons. The smallest absolute Gasteiger partial charge is 0.123 e. The van der Waals surface area contributed by atoms with Crippen molar-refractivity contribution < 1.29 is 4.39 Å². The standard InChI is InChI=1S/C16H26FN/c1-4-6-8-16(7-5-2)18-12-14-9-10-15(17)11-13(14)3/h9-11,16,18H,4-8,12H2,1-3H3. The van der Waals surface area contributed by atoms with Gasteiger partial charge in [0.2, 0.25) is 0 Å². The van der Waals surface area contributed by atoms with E-state index < -0.39 is 0 Å². The molecule has 0 amide bonds. The van der Waals surface area contributed by atoms with Crippen LogP contribution in [0.15, 0.2) is 18.2 Å². The molecule has 1 aromatic rings. The largest absolute Gasteiger partial charge is 0.310 e. The summed E-state index contributed by atoms with van der Waals surface area (Å²) >= 11 is 0. The first-order chi connectivity index (χ1) is 8.67. The van der Waals surface area contributed by atoms with E-state index in [0.29, 0.717) is 6.04 Å². The van der Waals surface area contributed by atoms with Crippen molar-refractivity contribution >= 4 is 0 Å². The van der Waals surface area contributed by atoms with Crippen molar-refractivity contribution in [1.29, 1.82) is 0 Å². The number of aryl methyl sites for hydroxylation is 1. The summed E-state index contributed by atoms with van der Waals surface area (Å²) in [5, 5.41) is 3.61. The summed E-state index contributed by atoms with van der Waals surface area (Å²) < 4.78 is 13.0. The summed E-state index contributed by atoms with van der Waals surface area (Å²) in [6.07, 6.45) is 6.20. The highest BCUT2D eigenvalue weighted by Gasteiger charge is 2.07. The van der Waals surface area contributed by atoms with Crippen LogP contribution in [-0.4, -0.2) is 6.04 Å². The van der Waals surface area contributed by atoms with E-state index in [0.717, 1.165) is 12.1 Å². The highest BCUT2D eigenvalue weighted by Crippen LogP contribution is 2.12. The molecule has 0 saturated carbocycles. The first-order valence-corrected chi connectivity index (χ1v) is 7.15. The van der Waals surface area contributed by atoms with Crippen molar-refractivity contribution in [3.05, 3.63) is 35.1 Å². The Morgan fingerprint density at radius 3 is 2.56 bits per heavy atom. The summed E-state index contributed by atoms with van der Waals surface area (Å²) in [4.78, 5) is 0. The van der Waals surface area contributed by atoms with Crippen LogP contribution in [0.5, 0.6) is 0 Å². The molecule has 0 aromatic heterocycles. The molecule has 1 aromatic carbocycles. The maximum absolute atomic E-state index is 13.0. The van der Waals surface area contributed by atoms with Crippen LogP contribution in [-0.2, 0) is 6.54 Å². The lowest BCUT2D eigenvalue weighted by Crippen LogP contribution is -2.28. The Balaban J connectivity index is 2.49. The number of rotatable bonds is 8. The molecular weight excluding hydrogens is 225 g/mol. The summed E-state index contributed by atoms with van der Waals surface area (Å²) in [6, 6.07) is 5.64. The van der Waals surface area contributed by atoms with E-state index in [4.69, 9.17) is 0 Å². The van der Waals surface area contributed by atoms with E-state index in [1.54, 1.807) is 12.1 Å². The van der Waals surface area contributed by atoms with Gasteiger partial charge in [-0.3, -0.25) is 0 Å². The third-order valence-electron chi connectivity index (χ3n) is 3.43. The molecule has 1 rings (SSSR count). The van der Waals surface area contributed by atoms with E-state index in [1.807, 2.05) is 13.0 Å². The van der Waals surface area contributed by atoms with E-state index >= 15 is 0 Å². The fraction of sp³-hybridized carbons (Fsp3) is 0.625. The molecule has 1 atom stereocenters. The minimum Gasteiger partial charge on any atom is -0.310 e. The predicted molar refractivity (Wildman–Crippen MR) is 76.2 cm³/mol. The highest BCUT2D eigenvalue weighted by atomic mass is 19.1. The Labute approximate surface area is 111 Å². The first-order valence-electron chi connectivity index (χ1n) is 7.15. The van der Waals surface area contributed by atoms with Crippen molar-refractivity contribution in [2.24, 2.45) is 0 Å². The van der Waals surface area contributed by atoms with Gasteiger partial charge in [-0.05, 0) is 43.0 Å². The van der Waals surface area contributed by atoms with Crippen LogP contribution >= 0.6 is 0 Å². The van der Waals surface area contributed by atoms with Gasteiger partial charge in [0.15, 0.2) is 0 Å². The molecule has 18 heavy (non-hydrogen) atoms. The van der Waals surface area contributed by atoms with E-state index in [9.17, 15) is 4.39 Å². The summed E-state index contributed by atoms with van der Waals surface area (Å²) in [5.74, 6) is -0.146. The van der Waals surface area contributed by atoms with Crippen LogP contribution in [0, 0.1) is 12.7 Å². The minimum atomic E-state index is -0.146. The van der Waals surface area contributed by atoms with Crippen LogP contribution in [0.1, 0.15) is 57.1 Å². The van der Waals surface area contributed by atoms with Gasteiger partial charge in [-0.25, -0.2) is 4.39 Å². The van der Waals surface area contributed by atoms with Gasteiger partial charge in [0.05, 0.1) is 0 Å². The van der Waals surface area contributed by atoms with Gasteiger partial charge in [-0.2, -0.15) is 0 Å². The average Bonchev–Trinajstić information content (AvgIpc) is 2.34. The molecule has 0 fully saturated rings. The zero-order chi connectivity index (χ0) is 13.4. The minimum absolute atomic E-state index is 0.146. The second-order valence-corrected chi connectivity index (χ2v) is 5.08. The Bertz CT molecular complexity index is 349. The monoisotopic (exact) mass is 251 g/mol. The van der Waals surface area contributed by atoms with Crippen LogP contribution < -0.4 is 5.32 Å². The molecule has 1 nitrogen and oxygen atoms in total. The molecule has 0 radical (unpaired) electrons. The lowest BCUT2D eigenvalue weighted by molar-refractivity contribution is 0.433. The fourth-order valence-corrected chi connectivity index (χ4v) is 2.26. The molecule has 0 aliphatic rings. The molecular formula is C16H26FN. The number of nitrogens with one attached hydrogen (secondary N) is 1. The highest BCUT2D eigenvalue weighted by molar-refractivity contribution is 5.26. The second kappa shape index (κ2) is 8.25. The zero-order valence-corrected chi connectivity index (χ0v) is 11.9. The van der Waals surface area contributed by atoms with Gasteiger partial charge >= 0.3 is 0 Å². The van der Waals surface area contributed by atoms with Gasteiger partial charge in [0.1, 0.15) is 5.82 Å². The lowest BCUT2D eigenvalue weighted by atomic mass is 10.0. The quantitative estimate of drug-likeness (QED) is 0.713. The molecule has 0 aliphatic carbocycles. The third kappa shape index (κ3) is 5.18. The van der Waals surface area contributed by atoms with Gasteiger partial charge in [-0.15, -0.1) is 0 Å². The SMILES string of the molecule is CCCCC(CCC)NCc1ccc(F)cc1C. The van der Waals surface area contributed by atoms with E-state index in [2.05, 4.69) is 19.2 Å². The van der Waals surface area contributed by atoms with Gasteiger partial charge in [-0.1, -0.05) is 39.2 Å². The van der Waals surface area contributed by atoms with Crippen LogP contribution in [0.25, 0.3) is 0 Å². The topological polar surface area (TPSA) is 12.0 Å².